The predicted molar refractivity (Wildman–Crippen MR) is 72.5 cm³/mol. The minimum absolute atomic E-state index is 0.0264. The predicted octanol–water partition coefficient (Wildman–Crippen LogP) is 3.57. The minimum Gasteiger partial charge on any atom is -0.623 e. The van der Waals surface area contributed by atoms with Crippen LogP contribution in [0.1, 0.15) is 26.3 Å². The van der Waals surface area contributed by atoms with Gasteiger partial charge in [0.25, 0.3) is 0 Å². The lowest BCUT2D eigenvalue weighted by Crippen LogP contribution is -2.21. The number of hydroxylamine groups is 1. The summed E-state index contributed by atoms with van der Waals surface area (Å²) in [6, 6.07) is 14.3. The molecule has 0 bridgehead atoms. The van der Waals surface area contributed by atoms with Gasteiger partial charge < -0.3 is 5.21 Å². The molecule has 17 heavy (non-hydrogen) atoms. The molecule has 2 aromatic carbocycles. The van der Waals surface area contributed by atoms with Gasteiger partial charge in [-0.3, -0.25) is 0 Å². The summed E-state index contributed by atoms with van der Waals surface area (Å²) in [6.07, 6.45) is 0. The van der Waals surface area contributed by atoms with E-state index in [4.69, 9.17) is 0 Å². The molecule has 0 aliphatic carbocycles. The van der Waals surface area contributed by atoms with Crippen molar-refractivity contribution in [2.24, 2.45) is 0 Å². The Balaban J connectivity index is 2.54. The Kier molecular flexibility index (Phi) is 3.14. The standard InChI is InChI=1S/C15H17NO/c1-11(2)16(17)12(3)14-9-8-13-6-4-5-7-15(13)10-14/h4-11H,1-3H3/b16-12+. The number of hydrogen-bond donors (Lipinski definition) is 0. The summed E-state index contributed by atoms with van der Waals surface area (Å²) >= 11 is 0. The van der Waals surface area contributed by atoms with Crippen molar-refractivity contribution < 1.29 is 4.74 Å². The third-order valence-corrected chi connectivity index (χ3v) is 2.97. The second kappa shape index (κ2) is 4.58. The molecular weight excluding hydrogens is 210 g/mol. The molecular formula is C15H17NO. The fourth-order valence-corrected chi connectivity index (χ4v) is 1.93. The summed E-state index contributed by atoms with van der Waals surface area (Å²) in [5.41, 5.74) is 1.76. The molecule has 88 valence electrons. The molecule has 0 amide bonds. The monoisotopic (exact) mass is 227 g/mol. The third-order valence-electron chi connectivity index (χ3n) is 2.97. The van der Waals surface area contributed by atoms with Gasteiger partial charge in [0.05, 0.1) is 0 Å². The number of rotatable bonds is 2. The van der Waals surface area contributed by atoms with Crippen LogP contribution in [0.2, 0.25) is 0 Å². The average molecular weight is 227 g/mol. The van der Waals surface area contributed by atoms with Gasteiger partial charge in [-0.2, -0.15) is 0 Å². The second-order valence-corrected chi connectivity index (χ2v) is 4.57. The van der Waals surface area contributed by atoms with E-state index in [1.54, 1.807) is 0 Å². The van der Waals surface area contributed by atoms with E-state index in [1.807, 2.05) is 39.0 Å². The van der Waals surface area contributed by atoms with Gasteiger partial charge in [0.1, 0.15) is 0 Å². The van der Waals surface area contributed by atoms with Gasteiger partial charge >= 0.3 is 0 Å². The van der Waals surface area contributed by atoms with Gasteiger partial charge in [0.2, 0.25) is 0 Å². The lowest BCUT2D eigenvalue weighted by atomic mass is 10.0. The van der Waals surface area contributed by atoms with Crippen LogP contribution in [0.5, 0.6) is 0 Å². The highest BCUT2D eigenvalue weighted by Gasteiger charge is 2.10. The Hall–Kier alpha value is -1.83. The molecule has 0 aromatic heterocycles. The topological polar surface area (TPSA) is 26.1 Å². The van der Waals surface area contributed by atoms with Gasteiger partial charge in [-0.25, -0.2) is 4.74 Å². The maximum absolute atomic E-state index is 11.9. The van der Waals surface area contributed by atoms with Crippen molar-refractivity contribution in [2.45, 2.75) is 26.8 Å². The second-order valence-electron chi connectivity index (χ2n) is 4.57. The van der Waals surface area contributed by atoms with Crippen molar-refractivity contribution in [1.82, 2.24) is 0 Å². The highest BCUT2D eigenvalue weighted by Crippen LogP contribution is 2.16. The molecule has 2 nitrogen and oxygen atoms in total. The molecule has 0 fully saturated rings. The smallest absolute Gasteiger partial charge is 0.191 e. The van der Waals surface area contributed by atoms with E-state index < -0.39 is 0 Å². The lowest BCUT2D eigenvalue weighted by Gasteiger charge is -2.12. The normalized spacial score (nSPS) is 12.9. The maximum atomic E-state index is 11.9. The van der Waals surface area contributed by atoms with Crippen LogP contribution in [0.4, 0.5) is 0 Å². The first kappa shape index (κ1) is 11.6. The van der Waals surface area contributed by atoms with Crippen molar-refractivity contribution in [1.29, 1.82) is 0 Å². The van der Waals surface area contributed by atoms with Crippen molar-refractivity contribution in [3.05, 3.63) is 53.2 Å². The van der Waals surface area contributed by atoms with Gasteiger partial charge in [0.15, 0.2) is 11.8 Å². The molecule has 0 aliphatic rings. The Labute approximate surface area is 102 Å². The molecule has 0 heterocycles. The fraction of sp³-hybridized carbons (Fsp3) is 0.267. The zero-order chi connectivity index (χ0) is 12.4. The first-order chi connectivity index (χ1) is 8.09. The number of nitrogens with zero attached hydrogens (tertiary/aromatic N) is 1. The molecule has 0 atom stereocenters. The van der Waals surface area contributed by atoms with E-state index in [2.05, 4.69) is 24.3 Å². The van der Waals surface area contributed by atoms with Crippen molar-refractivity contribution in [3.8, 4) is 0 Å². The van der Waals surface area contributed by atoms with Crippen LogP contribution in [0.3, 0.4) is 0 Å². The SMILES string of the molecule is C/C(c1ccc2ccccc2c1)=[N+](\[O-])C(C)C. The van der Waals surface area contributed by atoms with Crippen LogP contribution < -0.4 is 0 Å². The van der Waals surface area contributed by atoms with E-state index in [9.17, 15) is 5.21 Å². The zero-order valence-electron chi connectivity index (χ0n) is 10.5. The summed E-state index contributed by atoms with van der Waals surface area (Å²) in [4.78, 5) is 0. The van der Waals surface area contributed by atoms with Gasteiger partial charge in [-0.05, 0) is 36.8 Å². The van der Waals surface area contributed by atoms with Gasteiger partial charge in [-0.1, -0.05) is 30.3 Å². The van der Waals surface area contributed by atoms with Crippen molar-refractivity contribution in [2.75, 3.05) is 0 Å². The quantitative estimate of drug-likeness (QED) is 0.333. The van der Waals surface area contributed by atoms with Crippen molar-refractivity contribution in [3.63, 3.8) is 0 Å². The first-order valence-corrected chi connectivity index (χ1v) is 5.88. The van der Waals surface area contributed by atoms with Crippen LogP contribution in [-0.2, 0) is 0 Å². The lowest BCUT2D eigenvalue weighted by molar-refractivity contribution is -0.492. The van der Waals surface area contributed by atoms with E-state index in [-0.39, 0.29) is 6.04 Å². The molecule has 0 saturated heterocycles. The summed E-state index contributed by atoms with van der Waals surface area (Å²) in [5.74, 6) is 0. The summed E-state index contributed by atoms with van der Waals surface area (Å²) in [7, 11) is 0. The van der Waals surface area contributed by atoms with Crippen LogP contribution in [0.25, 0.3) is 10.8 Å². The molecule has 0 N–H and O–H groups in total. The first-order valence-electron chi connectivity index (χ1n) is 5.88. The molecule has 0 spiro atoms. The molecule has 2 heteroatoms. The van der Waals surface area contributed by atoms with E-state index >= 15 is 0 Å². The third kappa shape index (κ3) is 2.31. The maximum Gasteiger partial charge on any atom is 0.191 e. The number of benzene rings is 2. The Morgan fingerprint density at radius 2 is 1.71 bits per heavy atom. The molecule has 0 radical (unpaired) electrons. The Bertz CT molecular complexity index is 570. The van der Waals surface area contributed by atoms with E-state index in [0.717, 1.165) is 16.0 Å². The largest absolute Gasteiger partial charge is 0.623 e. The van der Waals surface area contributed by atoms with Crippen LogP contribution in [0.15, 0.2) is 42.5 Å². The number of hydrogen-bond acceptors (Lipinski definition) is 1. The molecule has 0 unspecified atom stereocenters. The van der Waals surface area contributed by atoms with Crippen LogP contribution in [-0.4, -0.2) is 16.5 Å². The highest BCUT2D eigenvalue weighted by atomic mass is 16.5. The van der Waals surface area contributed by atoms with Crippen molar-refractivity contribution >= 4 is 16.5 Å². The minimum atomic E-state index is -0.0264. The summed E-state index contributed by atoms with van der Waals surface area (Å²) in [5, 5.41) is 14.2. The average Bonchev–Trinajstić information content (AvgIpc) is 2.36. The van der Waals surface area contributed by atoms with Crippen LogP contribution in [0, 0.1) is 5.21 Å². The molecule has 0 aliphatic heterocycles. The highest BCUT2D eigenvalue weighted by molar-refractivity contribution is 5.99. The summed E-state index contributed by atoms with van der Waals surface area (Å²) < 4.78 is 1.06. The Morgan fingerprint density at radius 1 is 1.06 bits per heavy atom. The molecule has 0 saturated carbocycles. The number of fused-ring (bicyclic) bond motifs is 1. The van der Waals surface area contributed by atoms with E-state index in [1.165, 1.54) is 10.8 Å². The molecule has 2 rings (SSSR count). The Morgan fingerprint density at radius 3 is 2.35 bits per heavy atom. The van der Waals surface area contributed by atoms with Crippen LogP contribution >= 0.6 is 0 Å². The van der Waals surface area contributed by atoms with Gasteiger partial charge in [0, 0.05) is 12.5 Å². The molecule has 2 aromatic rings. The van der Waals surface area contributed by atoms with E-state index in [0.29, 0.717) is 0 Å². The van der Waals surface area contributed by atoms with Gasteiger partial charge in [-0.15, -0.1) is 0 Å². The fourth-order valence-electron chi connectivity index (χ4n) is 1.93. The zero-order valence-corrected chi connectivity index (χ0v) is 10.5. The summed E-state index contributed by atoms with van der Waals surface area (Å²) in [6.45, 7) is 5.67.